The van der Waals surface area contributed by atoms with Crippen LogP contribution in [0.4, 0.5) is 0 Å². The zero-order valence-corrected chi connectivity index (χ0v) is 10.5. The summed E-state index contributed by atoms with van der Waals surface area (Å²) in [5.74, 6) is 1.28. The van der Waals surface area contributed by atoms with Crippen LogP contribution in [-0.2, 0) is 6.54 Å². The number of hydrogen-bond acceptors (Lipinski definition) is 2. The van der Waals surface area contributed by atoms with Crippen molar-refractivity contribution in [1.82, 2.24) is 0 Å². The van der Waals surface area contributed by atoms with Gasteiger partial charge in [0.2, 0.25) is 0 Å². The Morgan fingerprint density at radius 3 is 2.59 bits per heavy atom. The van der Waals surface area contributed by atoms with E-state index >= 15 is 0 Å². The second-order valence-electron chi connectivity index (χ2n) is 3.53. The Labute approximate surface area is 110 Å². The van der Waals surface area contributed by atoms with Crippen LogP contribution in [0.2, 0.25) is 10.0 Å². The molecule has 0 aliphatic carbocycles. The molecule has 2 nitrogen and oxygen atoms in total. The average Bonchev–Trinajstić information content (AvgIpc) is 2.33. The third-order valence-corrected chi connectivity index (χ3v) is 2.79. The zero-order chi connectivity index (χ0) is 12.3. The molecule has 0 saturated heterocycles. The smallest absolute Gasteiger partial charge is 0.146 e. The van der Waals surface area contributed by atoms with Crippen LogP contribution in [0.15, 0.2) is 42.5 Å². The maximum absolute atomic E-state index is 6.02. The van der Waals surface area contributed by atoms with Crippen molar-refractivity contribution in [1.29, 1.82) is 0 Å². The minimum Gasteiger partial charge on any atom is -0.456 e. The Morgan fingerprint density at radius 1 is 1.06 bits per heavy atom. The first-order chi connectivity index (χ1) is 8.19. The molecule has 0 atom stereocenters. The third-order valence-electron chi connectivity index (χ3n) is 2.26. The van der Waals surface area contributed by atoms with Crippen molar-refractivity contribution in [3.63, 3.8) is 0 Å². The average molecular weight is 268 g/mol. The number of hydrogen-bond donors (Lipinski definition) is 1. The van der Waals surface area contributed by atoms with Gasteiger partial charge >= 0.3 is 0 Å². The lowest BCUT2D eigenvalue weighted by atomic mass is 10.2. The van der Waals surface area contributed by atoms with E-state index in [4.69, 9.17) is 33.7 Å². The molecule has 0 aliphatic heterocycles. The molecular formula is C13H11Cl2NO. The van der Waals surface area contributed by atoms with Gasteiger partial charge < -0.3 is 10.5 Å². The first-order valence-corrected chi connectivity index (χ1v) is 5.86. The van der Waals surface area contributed by atoms with Crippen LogP contribution in [0.3, 0.4) is 0 Å². The molecule has 0 aromatic heterocycles. The number of nitrogens with two attached hydrogens (primary N) is 1. The van der Waals surface area contributed by atoms with E-state index in [0.29, 0.717) is 28.1 Å². The molecule has 0 saturated carbocycles. The molecule has 0 heterocycles. The molecule has 0 spiro atoms. The van der Waals surface area contributed by atoms with E-state index < -0.39 is 0 Å². The Kier molecular flexibility index (Phi) is 3.89. The predicted octanol–water partition coefficient (Wildman–Crippen LogP) is 4.24. The van der Waals surface area contributed by atoms with Gasteiger partial charge in [-0.25, -0.2) is 0 Å². The van der Waals surface area contributed by atoms with Gasteiger partial charge in [0.25, 0.3) is 0 Å². The van der Waals surface area contributed by atoms with Gasteiger partial charge in [-0.2, -0.15) is 0 Å². The fourth-order valence-corrected chi connectivity index (χ4v) is 1.87. The van der Waals surface area contributed by atoms with Crippen molar-refractivity contribution >= 4 is 23.2 Å². The van der Waals surface area contributed by atoms with E-state index in [2.05, 4.69) is 0 Å². The highest BCUT2D eigenvalue weighted by molar-refractivity contribution is 6.35. The number of rotatable bonds is 3. The number of benzene rings is 2. The minimum absolute atomic E-state index is 0.478. The van der Waals surface area contributed by atoms with Crippen LogP contribution in [0.1, 0.15) is 5.56 Å². The second kappa shape index (κ2) is 5.41. The number of halogens is 2. The molecule has 0 bridgehead atoms. The van der Waals surface area contributed by atoms with E-state index in [9.17, 15) is 0 Å². The highest BCUT2D eigenvalue weighted by Crippen LogP contribution is 2.31. The second-order valence-corrected chi connectivity index (χ2v) is 4.37. The van der Waals surface area contributed by atoms with E-state index in [1.165, 1.54) is 0 Å². The van der Waals surface area contributed by atoms with Crippen LogP contribution in [0.5, 0.6) is 11.5 Å². The zero-order valence-electron chi connectivity index (χ0n) is 8.99. The normalized spacial score (nSPS) is 10.3. The molecule has 2 aromatic rings. The summed E-state index contributed by atoms with van der Waals surface area (Å²) >= 11 is 11.8. The summed E-state index contributed by atoms with van der Waals surface area (Å²) in [6.45, 7) is 0.478. The summed E-state index contributed by atoms with van der Waals surface area (Å²) in [5.41, 5.74) is 6.57. The molecular weight excluding hydrogens is 257 g/mol. The van der Waals surface area contributed by atoms with Gasteiger partial charge in [0.05, 0.1) is 5.02 Å². The van der Waals surface area contributed by atoms with E-state index in [0.717, 1.165) is 5.56 Å². The Hall–Kier alpha value is -1.22. The summed E-state index contributed by atoms with van der Waals surface area (Å²) in [6.07, 6.45) is 0. The molecule has 2 rings (SSSR count). The van der Waals surface area contributed by atoms with Gasteiger partial charge in [-0.3, -0.25) is 0 Å². The highest BCUT2D eigenvalue weighted by Gasteiger charge is 2.04. The molecule has 2 aromatic carbocycles. The molecule has 17 heavy (non-hydrogen) atoms. The topological polar surface area (TPSA) is 35.2 Å². The van der Waals surface area contributed by atoms with Gasteiger partial charge in [-0.15, -0.1) is 0 Å². The molecule has 88 valence electrons. The standard InChI is InChI=1S/C13H11Cl2NO/c14-10-4-5-13(12(15)7-10)17-11-3-1-2-9(6-11)8-16/h1-7H,8,16H2. The quantitative estimate of drug-likeness (QED) is 0.903. The third kappa shape index (κ3) is 3.13. The van der Waals surface area contributed by atoms with Crippen LogP contribution >= 0.6 is 23.2 Å². The summed E-state index contributed by atoms with van der Waals surface area (Å²) in [5, 5.41) is 1.06. The molecule has 0 unspecified atom stereocenters. The predicted molar refractivity (Wildman–Crippen MR) is 70.9 cm³/mol. The van der Waals surface area contributed by atoms with Crippen molar-refractivity contribution in [2.75, 3.05) is 0 Å². The first-order valence-electron chi connectivity index (χ1n) is 5.11. The molecule has 0 radical (unpaired) electrons. The van der Waals surface area contributed by atoms with Gasteiger partial charge in [-0.05, 0) is 35.9 Å². The van der Waals surface area contributed by atoms with Gasteiger partial charge in [0.15, 0.2) is 0 Å². The van der Waals surface area contributed by atoms with Gasteiger partial charge in [0, 0.05) is 11.6 Å². The lowest BCUT2D eigenvalue weighted by molar-refractivity contribution is 0.482. The van der Waals surface area contributed by atoms with Crippen LogP contribution < -0.4 is 10.5 Å². The van der Waals surface area contributed by atoms with Crippen molar-refractivity contribution in [2.45, 2.75) is 6.54 Å². The summed E-state index contributed by atoms with van der Waals surface area (Å²) in [7, 11) is 0. The molecule has 0 fully saturated rings. The maximum Gasteiger partial charge on any atom is 0.146 e. The molecule has 2 N–H and O–H groups in total. The lowest BCUT2D eigenvalue weighted by Gasteiger charge is -2.08. The van der Waals surface area contributed by atoms with E-state index in [-0.39, 0.29) is 0 Å². The van der Waals surface area contributed by atoms with Gasteiger partial charge in [-0.1, -0.05) is 35.3 Å². The van der Waals surface area contributed by atoms with Crippen molar-refractivity contribution in [3.05, 3.63) is 58.1 Å². The SMILES string of the molecule is NCc1cccc(Oc2ccc(Cl)cc2Cl)c1. The maximum atomic E-state index is 6.02. The fourth-order valence-electron chi connectivity index (χ4n) is 1.42. The monoisotopic (exact) mass is 267 g/mol. The van der Waals surface area contributed by atoms with E-state index in [1.807, 2.05) is 24.3 Å². The minimum atomic E-state index is 0.478. The van der Waals surface area contributed by atoms with Crippen LogP contribution in [0.25, 0.3) is 0 Å². The number of ether oxygens (including phenoxy) is 1. The van der Waals surface area contributed by atoms with Crippen molar-refractivity contribution in [3.8, 4) is 11.5 Å². The van der Waals surface area contributed by atoms with Crippen molar-refractivity contribution in [2.24, 2.45) is 5.73 Å². The summed E-state index contributed by atoms with van der Waals surface area (Å²) < 4.78 is 5.66. The van der Waals surface area contributed by atoms with Crippen LogP contribution in [-0.4, -0.2) is 0 Å². The largest absolute Gasteiger partial charge is 0.456 e. The molecule has 4 heteroatoms. The first kappa shape index (κ1) is 12.2. The highest BCUT2D eigenvalue weighted by atomic mass is 35.5. The van der Waals surface area contributed by atoms with Crippen LogP contribution in [0, 0.1) is 0 Å². The fraction of sp³-hybridized carbons (Fsp3) is 0.0769. The summed E-state index contributed by atoms with van der Waals surface area (Å²) in [4.78, 5) is 0. The lowest BCUT2D eigenvalue weighted by Crippen LogP contribution is -1.96. The summed E-state index contributed by atoms with van der Waals surface area (Å²) in [6, 6.07) is 12.7. The Balaban J connectivity index is 2.25. The van der Waals surface area contributed by atoms with Crippen molar-refractivity contribution < 1.29 is 4.74 Å². The molecule has 0 amide bonds. The Morgan fingerprint density at radius 2 is 1.88 bits per heavy atom. The van der Waals surface area contributed by atoms with E-state index in [1.54, 1.807) is 18.2 Å². The molecule has 0 aliphatic rings. The van der Waals surface area contributed by atoms with Gasteiger partial charge in [0.1, 0.15) is 11.5 Å². The Bertz CT molecular complexity index is 529.